The smallest absolute Gasteiger partial charge is 0.259 e. The highest BCUT2D eigenvalue weighted by Crippen LogP contribution is 2.24. The fourth-order valence-corrected chi connectivity index (χ4v) is 2.69. The Balaban J connectivity index is 1.79. The van der Waals surface area contributed by atoms with E-state index in [1.54, 1.807) is 19.2 Å². The van der Waals surface area contributed by atoms with Crippen molar-refractivity contribution in [2.75, 3.05) is 23.9 Å². The summed E-state index contributed by atoms with van der Waals surface area (Å²) in [4.78, 5) is 31.0. The van der Waals surface area contributed by atoms with Crippen LogP contribution in [0.5, 0.6) is 5.75 Å². The van der Waals surface area contributed by atoms with Crippen molar-refractivity contribution in [2.45, 2.75) is 6.92 Å². The van der Waals surface area contributed by atoms with Gasteiger partial charge in [-0.3, -0.25) is 14.6 Å². The molecule has 1 aromatic heterocycles. The van der Waals surface area contributed by atoms with Gasteiger partial charge in [-0.05, 0) is 37.3 Å². The standard InChI is InChI=1S/C22H21N3O3/c1-3-28-20-12-8-7-11-19(20)24-21(26)16-13-17(15-23-14-16)22(27)25(2)18-9-5-4-6-10-18/h4-15H,3H2,1-2H3,(H,24,26). The molecule has 0 saturated heterocycles. The number of ether oxygens (including phenoxy) is 1. The summed E-state index contributed by atoms with van der Waals surface area (Å²) in [5, 5.41) is 2.81. The van der Waals surface area contributed by atoms with Gasteiger partial charge in [-0.15, -0.1) is 0 Å². The lowest BCUT2D eigenvalue weighted by molar-refractivity contribution is 0.0992. The van der Waals surface area contributed by atoms with Crippen LogP contribution in [0.3, 0.4) is 0 Å². The highest BCUT2D eigenvalue weighted by Gasteiger charge is 2.17. The first-order valence-electron chi connectivity index (χ1n) is 8.91. The van der Waals surface area contributed by atoms with Crippen LogP contribution in [0.2, 0.25) is 0 Å². The van der Waals surface area contributed by atoms with Gasteiger partial charge in [0.2, 0.25) is 0 Å². The van der Waals surface area contributed by atoms with Crippen molar-refractivity contribution in [1.29, 1.82) is 0 Å². The fraction of sp³-hybridized carbons (Fsp3) is 0.136. The Morgan fingerprint density at radius 2 is 1.68 bits per heavy atom. The monoisotopic (exact) mass is 375 g/mol. The number of pyridine rings is 1. The maximum absolute atomic E-state index is 12.8. The molecule has 0 saturated carbocycles. The quantitative estimate of drug-likeness (QED) is 0.707. The first-order valence-corrected chi connectivity index (χ1v) is 8.91. The number of amides is 2. The molecule has 28 heavy (non-hydrogen) atoms. The largest absolute Gasteiger partial charge is 0.492 e. The number of para-hydroxylation sites is 3. The predicted octanol–water partition coefficient (Wildman–Crippen LogP) is 4.01. The van der Waals surface area contributed by atoms with E-state index in [0.717, 1.165) is 5.69 Å². The number of carbonyl (C=O) groups is 2. The van der Waals surface area contributed by atoms with Crippen LogP contribution in [0, 0.1) is 0 Å². The maximum atomic E-state index is 12.8. The van der Waals surface area contributed by atoms with Crippen LogP contribution in [-0.2, 0) is 0 Å². The van der Waals surface area contributed by atoms with Crippen molar-refractivity contribution in [3.63, 3.8) is 0 Å². The molecule has 2 aromatic carbocycles. The van der Waals surface area contributed by atoms with E-state index in [1.165, 1.54) is 23.4 Å². The molecule has 1 N–H and O–H groups in total. The second-order valence-electron chi connectivity index (χ2n) is 6.05. The Bertz CT molecular complexity index is 974. The van der Waals surface area contributed by atoms with Gasteiger partial charge in [-0.1, -0.05) is 30.3 Å². The molecule has 0 bridgehead atoms. The Hall–Kier alpha value is -3.67. The van der Waals surface area contributed by atoms with Gasteiger partial charge < -0.3 is 15.0 Å². The van der Waals surface area contributed by atoms with E-state index in [4.69, 9.17) is 4.74 Å². The van der Waals surface area contributed by atoms with Crippen LogP contribution < -0.4 is 15.0 Å². The minimum Gasteiger partial charge on any atom is -0.492 e. The van der Waals surface area contributed by atoms with Crippen LogP contribution in [-0.4, -0.2) is 30.5 Å². The number of benzene rings is 2. The number of nitrogens with one attached hydrogen (secondary N) is 1. The molecule has 6 heteroatoms. The van der Waals surface area contributed by atoms with Gasteiger partial charge in [0, 0.05) is 25.1 Å². The first-order chi connectivity index (χ1) is 13.6. The summed E-state index contributed by atoms with van der Waals surface area (Å²) >= 11 is 0. The molecule has 0 fully saturated rings. The van der Waals surface area contributed by atoms with Crippen LogP contribution in [0.4, 0.5) is 11.4 Å². The van der Waals surface area contributed by atoms with Gasteiger partial charge in [0.1, 0.15) is 5.75 Å². The zero-order valence-electron chi connectivity index (χ0n) is 15.8. The predicted molar refractivity (Wildman–Crippen MR) is 109 cm³/mol. The molecule has 3 rings (SSSR count). The second-order valence-corrected chi connectivity index (χ2v) is 6.05. The Labute approximate surface area is 163 Å². The molecule has 6 nitrogen and oxygen atoms in total. The van der Waals surface area contributed by atoms with Crippen molar-refractivity contribution in [2.24, 2.45) is 0 Å². The third kappa shape index (κ3) is 4.35. The van der Waals surface area contributed by atoms with Gasteiger partial charge in [0.25, 0.3) is 11.8 Å². The van der Waals surface area contributed by atoms with Crippen LogP contribution in [0.1, 0.15) is 27.6 Å². The Kier molecular flexibility index (Phi) is 6.01. The zero-order valence-corrected chi connectivity index (χ0v) is 15.8. The minimum atomic E-state index is -0.364. The van der Waals surface area contributed by atoms with E-state index in [9.17, 15) is 9.59 Å². The molecule has 0 aliphatic carbocycles. The third-order valence-electron chi connectivity index (χ3n) is 4.13. The number of anilines is 2. The van der Waals surface area contributed by atoms with Crippen molar-refractivity contribution < 1.29 is 14.3 Å². The summed E-state index contributed by atoms with van der Waals surface area (Å²) in [6.45, 7) is 2.37. The third-order valence-corrected chi connectivity index (χ3v) is 4.13. The number of carbonyl (C=O) groups excluding carboxylic acids is 2. The van der Waals surface area contributed by atoms with E-state index in [-0.39, 0.29) is 11.8 Å². The zero-order chi connectivity index (χ0) is 19.9. The highest BCUT2D eigenvalue weighted by atomic mass is 16.5. The highest BCUT2D eigenvalue weighted by molar-refractivity contribution is 6.09. The molecule has 0 aliphatic heterocycles. The molecule has 1 heterocycles. The van der Waals surface area contributed by atoms with Gasteiger partial charge in [-0.25, -0.2) is 0 Å². The van der Waals surface area contributed by atoms with Gasteiger partial charge in [-0.2, -0.15) is 0 Å². The minimum absolute atomic E-state index is 0.247. The average molecular weight is 375 g/mol. The molecule has 0 spiro atoms. The summed E-state index contributed by atoms with van der Waals surface area (Å²) in [7, 11) is 1.68. The Morgan fingerprint density at radius 1 is 1.00 bits per heavy atom. The lowest BCUT2D eigenvalue weighted by Gasteiger charge is -2.17. The number of hydrogen-bond acceptors (Lipinski definition) is 4. The van der Waals surface area contributed by atoms with Crippen molar-refractivity contribution >= 4 is 23.2 Å². The molecule has 0 radical (unpaired) electrons. The molecular weight excluding hydrogens is 354 g/mol. The second kappa shape index (κ2) is 8.81. The van der Waals surface area contributed by atoms with E-state index in [1.807, 2.05) is 49.4 Å². The van der Waals surface area contributed by atoms with E-state index < -0.39 is 0 Å². The van der Waals surface area contributed by atoms with Crippen molar-refractivity contribution in [3.8, 4) is 5.75 Å². The SMILES string of the molecule is CCOc1ccccc1NC(=O)c1cncc(C(=O)N(C)c2ccccc2)c1. The molecule has 0 unspecified atom stereocenters. The van der Waals surface area contributed by atoms with E-state index in [2.05, 4.69) is 10.3 Å². The summed E-state index contributed by atoms with van der Waals surface area (Å²) in [5.41, 5.74) is 1.94. The summed E-state index contributed by atoms with van der Waals surface area (Å²) in [6.07, 6.45) is 2.88. The summed E-state index contributed by atoms with van der Waals surface area (Å²) in [5.74, 6) is -0.0258. The molecule has 142 valence electrons. The Morgan fingerprint density at radius 3 is 2.43 bits per heavy atom. The van der Waals surface area contributed by atoms with Crippen LogP contribution in [0.15, 0.2) is 73.1 Å². The molecule has 0 aliphatic rings. The summed E-state index contributed by atoms with van der Waals surface area (Å²) in [6, 6.07) is 18.0. The molecule has 3 aromatic rings. The normalized spacial score (nSPS) is 10.2. The molecular formula is C22H21N3O3. The van der Waals surface area contributed by atoms with E-state index >= 15 is 0 Å². The molecule has 0 atom stereocenters. The lowest BCUT2D eigenvalue weighted by Crippen LogP contribution is -2.26. The van der Waals surface area contributed by atoms with Crippen molar-refractivity contribution in [3.05, 3.63) is 84.2 Å². The van der Waals surface area contributed by atoms with Gasteiger partial charge >= 0.3 is 0 Å². The van der Waals surface area contributed by atoms with Gasteiger partial charge in [0.05, 0.1) is 23.4 Å². The average Bonchev–Trinajstić information content (AvgIpc) is 2.75. The number of hydrogen-bond donors (Lipinski definition) is 1. The number of aromatic nitrogens is 1. The van der Waals surface area contributed by atoms with E-state index in [0.29, 0.717) is 29.2 Å². The van der Waals surface area contributed by atoms with Gasteiger partial charge in [0.15, 0.2) is 0 Å². The lowest BCUT2D eigenvalue weighted by atomic mass is 10.1. The fourth-order valence-electron chi connectivity index (χ4n) is 2.69. The summed E-state index contributed by atoms with van der Waals surface area (Å²) < 4.78 is 5.53. The number of nitrogens with zero attached hydrogens (tertiary/aromatic N) is 2. The topological polar surface area (TPSA) is 71.5 Å². The first kappa shape index (κ1) is 19.1. The molecule has 2 amide bonds. The maximum Gasteiger partial charge on any atom is 0.259 e. The van der Waals surface area contributed by atoms with Crippen LogP contribution >= 0.6 is 0 Å². The number of rotatable bonds is 6. The van der Waals surface area contributed by atoms with Crippen LogP contribution in [0.25, 0.3) is 0 Å². The van der Waals surface area contributed by atoms with Crippen molar-refractivity contribution in [1.82, 2.24) is 4.98 Å².